The van der Waals surface area contributed by atoms with E-state index in [9.17, 15) is 5.11 Å². The van der Waals surface area contributed by atoms with E-state index in [-0.39, 0.29) is 12.1 Å². The molecule has 0 aliphatic heterocycles. The summed E-state index contributed by atoms with van der Waals surface area (Å²) in [6, 6.07) is 0.0836. The van der Waals surface area contributed by atoms with Gasteiger partial charge in [0.05, 0.1) is 24.0 Å². The normalized spacial score (nSPS) is 27.6. The van der Waals surface area contributed by atoms with Gasteiger partial charge in [-0.15, -0.1) is 5.10 Å². The lowest BCUT2D eigenvalue weighted by molar-refractivity contribution is 0.0980. The molecule has 2 unspecified atom stereocenters. The fourth-order valence-electron chi connectivity index (χ4n) is 2.15. The van der Waals surface area contributed by atoms with Crippen LogP contribution in [-0.2, 0) is 6.54 Å². The lowest BCUT2D eigenvalue weighted by Crippen LogP contribution is -2.23. The van der Waals surface area contributed by atoms with E-state index < -0.39 is 0 Å². The van der Waals surface area contributed by atoms with Crippen molar-refractivity contribution >= 4 is 0 Å². The van der Waals surface area contributed by atoms with Crippen LogP contribution < -0.4 is 5.73 Å². The fourth-order valence-corrected chi connectivity index (χ4v) is 2.15. The molecule has 15 heavy (non-hydrogen) atoms. The number of hydrogen-bond donors (Lipinski definition) is 2. The first kappa shape index (κ1) is 10.6. The number of hydrogen-bond acceptors (Lipinski definition) is 4. The van der Waals surface area contributed by atoms with Crippen molar-refractivity contribution in [3.8, 4) is 0 Å². The van der Waals surface area contributed by atoms with Gasteiger partial charge in [-0.3, -0.25) is 0 Å². The van der Waals surface area contributed by atoms with E-state index in [0.717, 1.165) is 31.4 Å². The molecular formula is C10H18N4O. The summed E-state index contributed by atoms with van der Waals surface area (Å²) in [6.45, 7) is 0.406. The summed E-state index contributed by atoms with van der Waals surface area (Å²) < 4.78 is 1.78. The Kier molecular flexibility index (Phi) is 3.33. The average molecular weight is 210 g/mol. The number of rotatable bonds is 2. The first-order chi connectivity index (χ1) is 7.31. The highest BCUT2D eigenvalue weighted by Crippen LogP contribution is 2.26. The molecule has 5 nitrogen and oxygen atoms in total. The van der Waals surface area contributed by atoms with Gasteiger partial charge in [0.15, 0.2) is 0 Å². The lowest BCUT2D eigenvalue weighted by atomic mass is 10.1. The van der Waals surface area contributed by atoms with E-state index in [2.05, 4.69) is 10.3 Å². The topological polar surface area (TPSA) is 77.0 Å². The molecule has 1 aromatic heterocycles. The zero-order chi connectivity index (χ0) is 10.7. The Morgan fingerprint density at radius 2 is 2.20 bits per heavy atom. The molecule has 1 fully saturated rings. The smallest absolute Gasteiger partial charge is 0.0962 e. The van der Waals surface area contributed by atoms with Crippen molar-refractivity contribution < 1.29 is 5.11 Å². The molecule has 0 amide bonds. The molecule has 2 rings (SSSR count). The van der Waals surface area contributed by atoms with Gasteiger partial charge in [0.2, 0.25) is 0 Å². The Labute approximate surface area is 89.3 Å². The first-order valence-electron chi connectivity index (χ1n) is 5.60. The second kappa shape index (κ2) is 4.72. The Balaban J connectivity index is 2.12. The monoisotopic (exact) mass is 210 g/mol. The molecule has 1 aromatic rings. The minimum atomic E-state index is -0.292. The van der Waals surface area contributed by atoms with Crippen molar-refractivity contribution in [1.29, 1.82) is 0 Å². The minimum absolute atomic E-state index is 0.0836. The maximum atomic E-state index is 9.96. The van der Waals surface area contributed by atoms with E-state index in [1.165, 1.54) is 6.42 Å². The summed E-state index contributed by atoms with van der Waals surface area (Å²) in [5.74, 6) is 0. The molecule has 5 heteroatoms. The molecule has 0 spiro atoms. The maximum Gasteiger partial charge on any atom is 0.0962 e. The predicted molar refractivity (Wildman–Crippen MR) is 56.0 cm³/mol. The number of aliphatic hydroxyl groups is 1. The van der Waals surface area contributed by atoms with Gasteiger partial charge in [0.25, 0.3) is 0 Å². The zero-order valence-corrected chi connectivity index (χ0v) is 8.84. The molecule has 0 saturated heterocycles. The third kappa shape index (κ3) is 2.35. The number of aromatic nitrogens is 3. The van der Waals surface area contributed by atoms with Crippen LogP contribution in [-0.4, -0.2) is 26.2 Å². The van der Waals surface area contributed by atoms with Crippen LogP contribution in [0.3, 0.4) is 0 Å². The van der Waals surface area contributed by atoms with Crippen LogP contribution >= 0.6 is 0 Å². The van der Waals surface area contributed by atoms with Gasteiger partial charge >= 0.3 is 0 Å². The third-order valence-corrected chi connectivity index (χ3v) is 3.05. The Bertz CT molecular complexity index is 312. The molecule has 1 aliphatic rings. The molecule has 0 aromatic carbocycles. The van der Waals surface area contributed by atoms with E-state index in [1.807, 2.05) is 6.20 Å². The minimum Gasteiger partial charge on any atom is -0.391 e. The van der Waals surface area contributed by atoms with Gasteiger partial charge in [-0.2, -0.15) is 0 Å². The van der Waals surface area contributed by atoms with Gasteiger partial charge in [-0.25, -0.2) is 4.68 Å². The number of aliphatic hydroxyl groups excluding tert-OH is 1. The quantitative estimate of drug-likeness (QED) is 0.701. The highest BCUT2D eigenvalue weighted by Gasteiger charge is 2.24. The summed E-state index contributed by atoms with van der Waals surface area (Å²) in [5, 5.41) is 17.9. The van der Waals surface area contributed by atoms with Crippen molar-refractivity contribution in [3.63, 3.8) is 0 Å². The van der Waals surface area contributed by atoms with Crippen LogP contribution in [0.5, 0.6) is 0 Å². The van der Waals surface area contributed by atoms with Crippen LogP contribution in [0.15, 0.2) is 6.20 Å². The Hall–Kier alpha value is -0.940. The molecular weight excluding hydrogens is 192 g/mol. The van der Waals surface area contributed by atoms with E-state index >= 15 is 0 Å². The summed E-state index contributed by atoms with van der Waals surface area (Å²) in [7, 11) is 0. The van der Waals surface area contributed by atoms with Crippen LogP contribution in [0.25, 0.3) is 0 Å². The average Bonchev–Trinajstić information content (AvgIpc) is 2.62. The molecule has 1 heterocycles. The van der Waals surface area contributed by atoms with Crippen LogP contribution in [0.2, 0.25) is 0 Å². The molecule has 84 valence electrons. The largest absolute Gasteiger partial charge is 0.391 e. The molecule has 0 bridgehead atoms. The first-order valence-corrected chi connectivity index (χ1v) is 5.60. The highest BCUT2D eigenvalue weighted by molar-refractivity contribution is 4.93. The van der Waals surface area contributed by atoms with Crippen molar-refractivity contribution in [2.75, 3.05) is 0 Å². The van der Waals surface area contributed by atoms with E-state index in [4.69, 9.17) is 5.73 Å². The number of nitrogens with zero attached hydrogens (tertiary/aromatic N) is 3. The van der Waals surface area contributed by atoms with Gasteiger partial charge in [-0.1, -0.05) is 24.5 Å². The Morgan fingerprint density at radius 3 is 2.93 bits per heavy atom. The predicted octanol–water partition coefficient (Wildman–Crippen LogP) is 0.603. The highest BCUT2D eigenvalue weighted by atomic mass is 16.3. The Morgan fingerprint density at radius 1 is 1.40 bits per heavy atom. The van der Waals surface area contributed by atoms with Crippen LogP contribution in [0.4, 0.5) is 0 Å². The second-order valence-corrected chi connectivity index (χ2v) is 4.17. The van der Waals surface area contributed by atoms with Gasteiger partial charge in [0.1, 0.15) is 0 Å². The standard InChI is InChI=1S/C10H18N4O/c11-6-8-7-14(13-12-8)9-4-2-1-3-5-10(9)15/h7,9-10,15H,1-6,11H2. The fraction of sp³-hybridized carbons (Fsp3) is 0.800. The van der Waals surface area contributed by atoms with Crippen molar-refractivity contribution in [3.05, 3.63) is 11.9 Å². The SMILES string of the molecule is NCc1cn(C2CCCCCC2O)nn1. The van der Waals surface area contributed by atoms with Gasteiger partial charge in [0, 0.05) is 6.54 Å². The van der Waals surface area contributed by atoms with E-state index in [0.29, 0.717) is 6.54 Å². The molecule has 1 aliphatic carbocycles. The lowest BCUT2D eigenvalue weighted by Gasteiger charge is -2.19. The summed E-state index contributed by atoms with van der Waals surface area (Å²) in [4.78, 5) is 0. The summed E-state index contributed by atoms with van der Waals surface area (Å²) in [5.41, 5.74) is 6.26. The van der Waals surface area contributed by atoms with Gasteiger partial charge in [-0.05, 0) is 12.8 Å². The van der Waals surface area contributed by atoms with Gasteiger partial charge < -0.3 is 10.8 Å². The third-order valence-electron chi connectivity index (χ3n) is 3.05. The second-order valence-electron chi connectivity index (χ2n) is 4.17. The van der Waals surface area contributed by atoms with Crippen LogP contribution in [0, 0.1) is 0 Å². The summed E-state index contributed by atoms with van der Waals surface area (Å²) >= 11 is 0. The van der Waals surface area contributed by atoms with Crippen molar-refractivity contribution in [2.45, 2.75) is 50.8 Å². The summed E-state index contributed by atoms with van der Waals surface area (Å²) in [6.07, 6.45) is 6.86. The van der Waals surface area contributed by atoms with Crippen LogP contribution in [0.1, 0.15) is 43.8 Å². The molecule has 2 atom stereocenters. The maximum absolute atomic E-state index is 9.96. The molecule has 1 saturated carbocycles. The zero-order valence-electron chi connectivity index (χ0n) is 8.84. The molecule has 0 radical (unpaired) electrons. The van der Waals surface area contributed by atoms with E-state index in [1.54, 1.807) is 4.68 Å². The van der Waals surface area contributed by atoms with Crippen molar-refractivity contribution in [1.82, 2.24) is 15.0 Å². The number of nitrogens with two attached hydrogens (primary N) is 1. The van der Waals surface area contributed by atoms with Crippen molar-refractivity contribution in [2.24, 2.45) is 5.73 Å². The molecule has 3 N–H and O–H groups in total.